The van der Waals surface area contributed by atoms with Gasteiger partial charge in [0, 0.05) is 18.0 Å². The van der Waals surface area contributed by atoms with Gasteiger partial charge in [0.05, 0.1) is 33.0 Å². The molecule has 0 saturated carbocycles. The molecule has 1 saturated heterocycles. The predicted molar refractivity (Wildman–Crippen MR) is 85.9 cm³/mol. The van der Waals surface area contributed by atoms with E-state index in [0.29, 0.717) is 19.0 Å². The van der Waals surface area contributed by atoms with Crippen molar-refractivity contribution in [3.63, 3.8) is 0 Å². The van der Waals surface area contributed by atoms with Gasteiger partial charge in [0.1, 0.15) is 16.4 Å². The fourth-order valence-corrected chi connectivity index (χ4v) is 4.82. The maximum atomic E-state index is 13.0. The van der Waals surface area contributed by atoms with Crippen LogP contribution < -0.4 is 9.47 Å². The number of fused-ring (bicyclic) bond motifs is 1. The Hall–Kier alpha value is -1.80. The first-order chi connectivity index (χ1) is 11.3. The monoisotopic (exact) mass is 355 g/mol. The molecular formula is C16H21NO6S. The molecule has 0 aromatic heterocycles. The number of ether oxygens (including phenoxy) is 3. The van der Waals surface area contributed by atoms with Gasteiger partial charge in [-0.3, -0.25) is 4.79 Å². The number of hydrogen-bond acceptors (Lipinski definition) is 6. The van der Waals surface area contributed by atoms with Gasteiger partial charge in [-0.25, -0.2) is 12.7 Å². The van der Waals surface area contributed by atoms with Gasteiger partial charge in [-0.2, -0.15) is 0 Å². The van der Waals surface area contributed by atoms with Gasteiger partial charge in [-0.05, 0) is 12.0 Å². The zero-order valence-corrected chi connectivity index (χ0v) is 15.0. The molecular weight excluding hydrogens is 334 g/mol. The Balaban J connectivity index is 2.08. The van der Waals surface area contributed by atoms with Crippen molar-refractivity contribution < 1.29 is 27.4 Å². The molecule has 0 unspecified atom stereocenters. The highest BCUT2D eigenvalue weighted by atomic mass is 32.2. The molecule has 24 heavy (non-hydrogen) atoms. The number of methoxy groups -OCH3 is 2. The van der Waals surface area contributed by atoms with Crippen LogP contribution in [-0.2, 0) is 14.8 Å². The number of carbonyl (C=O) groups is 1. The lowest BCUT2D eigenvalue weighted by atomic mass is 9.75. The van der Waals surface area contributed by atoms with Crippen molar-refractivity contribution in [3.05, 3.63) is 17.7 Å². The number of rotatable bonds is 5. The Morgan fingerprint density at radius 2 is 1.92 bits per heavy atom. The van der Waals surface area contributed by atoms with Gasteiger partial charge in [0.25, 0.3) is 15.9 Å². The lowest BCUT2D eigenvalue weighted by molar-refractivity contribution is -0.141. The molecule has 0 aliphatic carbocycles. The first-order valence-electron chi connectivity index (χ1n) is 7.67. The summed E-state index contributed by atoms with van der Waals surface area (Å²) in [5, 5.41) is 0. The molecule has 0 spiro atoms. The second kappa shape index (κ2) is 5.63. The SMILES string of the molecule is COc1cc(OC)c2c(c1)C(=O)N(CC1(C(C)C)COC1)S2(=O)=O. The summed E-state index contributed by atoms with van der Waals surface area (Å²) in [6, 6.07) is 2.91. The number of carbonyl (C=O) groups excluding carboxylic acids is 1. The maximum absolute atomic E-state index is 13.0. The van der Waals surface area contributed by atoms with E-state index < -0.39 is 15.9 Å². The summed E-state index contributed by atoms with van der Waals surface area (Å²) in [5.41, 5.74) is -0.257. The third-order valence-corrected chi connectivity index (χ3v) is 6.76. The normalized spacial score (nSPS) is 20.7. The third-order valence-electron chi connectivity index (χ3n) is 4.95. The van der Waals surface area contributed by atoms with Crippen LogP contribution in [0.15, 0.2) is 17.0 Å². The van der Waals surface area contributed by atoms with Crippen LogP contribution in [0.2, 0.25) is 0 Å². The number of sulfonamides is 1. The van der Waals surface area contributed by atoms with E-state index >= 15 is 0 Å². The van der Waals surface area contributed by atoms with Gasteiger partial charge < -0.3 is 14.2 Å². The van der Waals surface area contributed by atoms with Gasteiger partial charge in [0.2, 0.25) is 0 Å². The molecule has 1 fully saturated rings. The summed E-state index contributed by atoms with van der Waals surface area (Å²) >= 11 is 0. The first kappa shape index (κ1) is 17.0. The maximum Gasteiger partial charge on any atom is 0.271 e. The summed E-state index contributed by atoms with van der Waals surface area (Å²) in [4.78, 5) is 12.7. The molecule has 0 N–H and O–H groups in total. The zero-order valence-electron chi connectivity index (χ0n) is 14.2. The highest BCUT2D eigenvalue weighted by Gasteiger charge is 2.51. The van der Waals surface area contributed by atoms with Crippen molar-refractivity contribution in [2.45, 2.75) is 18.7 Å². The molecule has 2 aliphatic heterocycles. The number of amides is 1. The van der Waals surface area contributed by atoms with E-state index in [1.807, 2.05) is 13.8 Å². The molecule has 0 radical (unpaired) electrons. The fourth-order valence-electron chi connectivity index (χ4n) is 3.04. The summed E-state index contributed by atoms with van der Waals surface area (Å²) in [6.45, 7) is 5.01. The molecule has 7 nitrogen and oxygen atoms in total. The van der Waals surface area contributed by atoms with E-state index in [2.05, 4.69) is 0 Å². The average molecular weight is 355 g/mol. The number of nitrogens with zero attached hydrogens (tertiary/aromatic N) is 1. The smallest absolute Gasteiger partial charge is 0.271 e. The Kier molecular flexibility index (Phi) is 4.00. The van der Waals surface area contributed by atoms with Crippen molar-refractivity contribution in [1.82, 2.24) is 4.31 Å². The van der Waals surface area contributed by atoms with E-state index in [1.165, 1.54) is 26.4 Å². The minimum Gasteiger partial charge on any atom is -0.497 e. The molecule has 0 atom stereocenters. The van der Waals surface area contributed by atoms with Crippen molar-refractivity contribution in [2.75, 3.05) is 34.0 Å². The van der Waals surface area contributed by atoms with Gasteiger partial charge in [-0.1, -0.05) is 13.8 Å². The van der Waals surface area contributed by atoms with E-state index in [1.54, 1.807) is 0 Å². The molecule has 3 rings (SSSR count). The van der Waals surface area contributed by atoms with Gasteiger partial charge >= 0.3 is 0 Å². The molecule has 0 bridgehead atoms. The Bertz CT molecular complexity index is 782. The second-order valence-electron chi connectivity index (χ2n) is 6.53. The highest BCUT2D eigenvalue weighted by Crippen LogP contribution is 2.44. The van der Waals surface area contributed by atoms with Crippen LogP contribution in [0.4, 0.5) is 0 Å². The lowest BCUT2D eigenvalue weighted by Gasteiger charge is -2.46. The number of benzene rings is 1. The van der Waals surface area contributed by atoms with E-state index in [4.69, 9.17) is 14.2 Å². The summed E-state index contributed by atoms with van der Waals surface area (Å²) in [5.74, 6) is 0.133. The van der Waals surface area contributed by atoms with E-state index in [0.717, 1.165) is 4.31 Å². The molecule has 1 aromatic rings. The van der Waals surface area contributed by atoms with E-state index in [-0.39, 0.29) is 34.1 Å². The van der Waals surface area contributed by atoms with Crippen LogP contribution in [0.1, 0.15) is 24.2 Å². The van der Waals surface area contributed by atoms with Gasteiger partial charge in [0.15, 0.2) is 0 Å². The Morgan fingerprint density at radius 1 is 1.25 bits per heavy atom. The molecule has 132 valence electrons. The standard InChI is InChI=1S/C16H21NO6S/c1-10(2)16(8-23-9-16)7-17-15(18)12-5-11(21-3)6-13(22-4)14(12)24(17,19)20/h5-6,10H,7-9H2,1-4H3. The largest absolute Gasteiger partial charge is 0.497 e. The van der Waals surface area contributed by atoms with E-state index in [9.17, 15) is 13.2 Å². The summed E-state index contributed by atoms with van der Waals surface area (Å²) in [6.07, 6.45) is 0. The quantitative estimate of drug-likeness (QED) is 0.796. The second-order valence-corrected chi connectivity index (χ2v) is 8.33. The number of hydrogen-bond donors (Lipinski definition) is 0. The summed E-state index contributed by atoms with van der Waals surface area (Å²) in [7, 11) is -1.14. The lowest BCUT2D eigenvalue weighted by Crippen LogP contribution is -2.55. The van der Waals surface area contributed by atoms with Crippen LogP contribution in [0.5, 0.6) is 11.5 Å². The molecule has 1 amide bonds. The van der Waals surface area contributed by atoms with Crippen molar-refractivity contribution in [3.8, 4) is 11.5 Å². The molecule has 2 heterocycles. The molecule has 1 aromatic carbocycles. The fraction of sp³-hybridized carbons (Fsp3) is 0.562. The molecule has 8 heteroatoms. The average Bonchev–Trinajstić information content (AvgIpc) is 2.69. The van der Waals surface area contributed by atoms with Crippen molar-refractivity contribution in [2.24, 2.45) is 11.3 Å². The minimum absolute atomic E-state index is 0.0880. The van der Waals surface area contributed by atoms with Gasteiger partial charge in [-0.15, -0.1) is 0 Å². The van der Waals surface area contributed by atoms with Crippen molar-refractivity contribution >= 4 is 15.9 Å². The zero-order chi connectivity index (χ0) is 17.7. The van der Waals surface area contributed by atoms with Crippen LogP contribution in [0.25, 0.3) is 0 Å². The van der Waals surface area contributed by atoms with Crippen LogP contribution in [-0.4, -0.2) is 52.6 Å². The van der Waals surface area contributed by atoms with Crippen molar-refractivity contribution in [1.29, 1.82) is 0 Å². The van der Waals surface area contributed by atoms with Crippen LogP contribution in [0.3, 0.4) is 0 Å². The first-order valence-corrected chi connectivity index (χ1v) is 9.11. The third kappa shape index (κ3) is 2.28. The minimum atomic E-state index is -3.96. The Morgan fingerprint density at radius 3 is 2.38 bits per heavy atom. The van der Waals surface area contributed by atoms with Crippen LogP contribution in [0, 0.1) is 11.3 Å². The Labute approximate surface area is 141 Å². The summed E-state index contributed by atoms with van der Waals surface area (Å²) < 4.78 is 42.5. The molecule has 2 aliphatic rings. The predicted octanol–water partition coefficient (Wildman–Crippen LogP) is 1.52. The highest BCUT2D eigenvalue weighted by molar-refractivity contribution is 7.90. The van der Waals surface area contributed by atoms with Crippen LogP contribution >= 0.6 is 0 Å². The topological polar surface area (TPSA) is 82.1 Å².